The fraction of sp³-hybridized carbons (Fsp3) is 0.375. The van der Waals surface area contributed by atoms with Crippen LogP contribution in [0.2, 0.25) is 0 Å². The van der Waals surface area contributed by atoms with E-state index in [-0.39, 0.29) is 25.2 Å². The van der Waals surface area contributed by atoms with Crippen LogP contribution in [0, 0.1) is 0 Å². The first-order valence-corrected chi connectivity index (χ1v) is 6.87. The normalized spacial score (nSPS) is 10.2. The Hall–Kier alpha value is -2.30. The van der Waals surface area contributed by atoms with Crippen LogP contribution in [0.3, 0.4) is 0 Å². The van der Waals surface area contributed by atoms with Gasteiger partial charge in [-0.1, -0.05) is 36.4 Å². The van der Waals surface area contributed by atoms with Crippen molar-refractivity contribution < 1.29 is 14.7 Å². The number of carbonyl (C=O) groups is 2. The predicted molar refractivity (Wildman–Crippen MR) is 81.9 cm³/mol. The number of hydrogen-bond acceptors (Lipinski definition) is 2. The van der Waals surface area contributed by atoms with E-state index in [2.05, 4.69) is 6.58 Å². The van der Waals surface area contributed by atoms with Crippen LogP contribution in [-0.2, 0) is 11.3 Å². The van der Waals surface area contributed by atoms with Gasteiger partial charge in [0.1, 0.15) is 6.54 Å². The Morgan fingerprint density at radius 3 is 2.38 bits per heavy atom. The Kier molecular flexibility index (Phi) is 6.46. The van der Waals surface area contributed by atoms with E-state index in [4.69, 9.17) is 5.11 Å². The maximum atomic E-state index is 12.6. The number of urea groups is 1. The molecular formula is C16H22N2O3. The summed E-state index contributed by atoms with van der Waals surface area (Å²) in [6.07, 6.45) is 1.53. The molecular weight excluding hydrogens is 268 g/mol. The molecule has 1 aromatic carbocycles. The summed E-state index contributed by atoms with van der Waals surface area (Å²) < 4.78 is 0. The molecule has 5 nitrogen and oxygen atoms in total. The minimum absolute atomic E-state index is 0.0289. The van der Waals surface area contributed by atoms with Gasteiger partial charge in [-0.25, -0.2) is 4.79 Å². The van der Waals surface area contributed by atoms with Gasteiger partial charge in [-0.3, -0.25) is 4.79 Å². The van der Waals surface area contributed by atoms with Gasteiger partial charge in [0, 0.05) is 19.1 Å². The second-order valence-electron chi connectivity index (χ2n) is 5.05. The van der Waals surface area contributed by atoms with E-state index in [1.54, 1.807) is 4.90 Å². The molecule has 0 unspecified atom stereocenters. The zero-order valence-corrected chi connectivity index (χ0v) is 12.5. The van der Waals surface area contributed by atoms with E-state index in [1.807, 2.05) is 44.2 Å². The standard InChI is InChI=1S/C16H22N2O3/c1-4-10-17(12-15(19)20)16(21)18(13(2)3)11-14-8-6-5-7-9-14/h4-9,13H,1,10-12H2,2-3H3,(H,19,20). The summed E-state index contributed by atoms with van der Waals surface area (Å²) in [5.41, 5.74) is 1.01. The van der Waals surface area contributed by atoms with Crippen molar-refractivity contribution in [3.63, 3.8) is 0 Å². The molecule has 1 aromatic rings. The van der Waals surface area contributed by atoms with Crippen molar-refractivity contribution in [2.75, 3.05) is 13.1 Å². The van der Waals surface area contributed by atoms with Gasteiger partial charge in [-0.2, -0.15) is 0 Å². The highest BCUT2D eigenvalue weighted by molar-refractivity contribution is 5.80. The molecule has 21 heavy (non-hydrogen) atoms. The van der Waals surface area contributed by atoms with Crippen LogP contribution in [0.25, 0.3) is 0 Å². The first-order chi connectivity index (χ1) is 9.95. The number of nitrogens with zero attached hydrogens (tertiary/aromatic N) is 2. The van der Waals surface area contributed by atoms with Crippen LogP contribution in [-0.4, -0.2) is 46.0 Å². The second kappa shape index (κ2) is 8.09. The summed E-state index contributed by atoms with van der Waals surface area (Å²) >= 11 is 0. The topological polar surface area (TPSA) is 60.9 Å². The molecule has 0 atom stereocenters. The highest BCUT2D eigenvalue weighted by Crippen LogP contribution is 2.11. The zero-order chi connectivity index (χ0) is 15.8. The molecule has 0 aliphatic carbocycles. The lowest BCUT2D eigenvalue weighted by Crippen LogP contribution is -2.47. The molecule has 1 N–H and O–H groups in total. The van der Waals surface area contributed by atoms with Gasteiger partial charge in [0.25, 0.3) is 0 Å². The molecule has 0 aliphatic heterocycles. The van der Waals surface area contributed by atoms with E-state index >= 15 is 0 Å². The lowest BCUT2D eigenvalue weighted by molar-refractivity contribution is -0.137. The molecule has 0 radical (unpaired) electrons. The van der Waals surface area contributed by atoms with Crippen molar-refractivity contribution in [3.05, 3.63) is 48.6 Å². The monoisotopic (exact) mass is 290 g/mol. The molecule has 0 heterocycles. The SMILES string of the molecule is C=CCN(CC(=O)O)C(=O)N(Cc1ccccc1)C(C)C. The largest absolute Gasteiger partial charge is 0.480 e. The van der Waals surface area contributed by atoms with Gasteiger partial charge in [-0.05, 0) is 19.4 Å². The molecule has 0 spiro atoms. The van der Waals surface area contributed by atoms with E-state index in [9.17, 15) is 9.59 Å². The molecule has 1 rings (SSSR count). The van der Waals surface area contributed by atoms with Crippen LogP contribution < -0.4 is 0 Å². The van der Waals surface area contributed by atoms with Crippen molar-refractivity contribution in [2.24, 2.45) is 0 Å². The Balaban J connectivity index is 2.89. The van der Waals surface area contributed by atoms with E-state index in [0.29, 0.717) is 6.54 Å². The molecule has 0 saturated heterocycles. The summed E-state index contributed by atoms with van der Waals surface area (Å²) in [4.78, 5) is 26.4. The molecule has 0 fully saturated rings. The lowest BCUT2D eigenvalue weighted by Gasteiger charge is -2.32. The Labute approximate surface area is 125 Å². The zero-order valence-electron chi connectivity index (χ0n) is 12.5. The number of aliphatic carboxylic acids is 1. The van der Waals surface area contributed by atoms with Crippen LogP contribution in [0.15, 0.2) is 43.0 Å². The third-order valence-electron chi connectivity index (χ3n) is 3.01. The van der Waals surface area contributed by atoms with E-state index in [0.717, 1.165) is 5.56 Å². The average molecular weight is 290 g/mol. The van der Waals surface area contributed by atoms with Gasteiger partial charge in [0.2, 0.25) is 0 Å². The Morgan fingerprint density at radius 1 is 1.29 bits per heavy atom. The number of carbonyl (C=O) groups excluding carboxylic acids is 1. The average Bonchev–Trinajstić information content (AvgIpc) is 2.44. The van der Waals surface area contributed by atoms with Gasteiger partial charge in [0.05, 0.1) is 0 Å². The molecule has 0 aliphatic rings. The van der Waals surface area contributed by atoms with Crippen molar-refractivity contribution in [2.45, 2.75) is 26.4 Å². The predicted octanol–water partition coefficient (Wildman–Crippen LogP) is 2.59. The number of carboxylic acids is 1. The number of rotatable bonds is 7. The second-order valence-corrected chi connectivity index (χ2v) is 5.05. The maximum absolute atomic E-state index is 12.6. The summed E-state index contributed by atoms with van der Waals surface area (Å²) in [7, 11) is 0. The molecule has 2 amide bonds. The molecule has 5 heteroatoms. The Morgan fingerprint density at radius 2 is 1.90 bits per heavy atom. The number of carboxylic acid groups (broad SMARTS) is 1. The summed E-state index contributed by atoms with van der Waals surface area (Å²) in [5.74, 6) is -1.03. The number of hydrogen-bond donors (Lipinski definition) is 1. The first kappa shape index (κ1) is 16.8. The van der Waals surface area contributed by atoms with Crippen molar-refractivity contribution in [3.8, 4) is 0 Å². The van der Waals surface area contributed by atoms with Crippen LogP contribution in [0.5, 0.6) is 0 Å². The quantitative estimate of drug-likeness (QED) is 0.785. The van der Waals surface area contributed by atoms with Gasteiger partial charge in [-0.15, -0.1) is 6.58 Å². The summed E-state index contributed by atoms with van der Waals surface area (Å²) in [6.45, 7) is 7.72. The molecule has 0 saturated carbocycles. The fourth-order valence-electron chi connectivity index (χ4n) is 1.96. The van der Waals surface area contributed by atoms with Gasteiger partial charge < -0.3 is 14.9 Å². The first-order valence-electron chi connectivity index (χ1n) is 6.87. The van der Waals surface area contributed by atoms with Crippen LogP contribution in [0.4, 0.5) is 4.79 Å². The highest BCUT2D eigenvalue weighted by Gasteiger charge is 2.24. The fourth-order valence-corrected chi connectivity index (χ4v) is 1.96. The lowest BCUT2D eigenvalue weighted by atomic mass is 10.2. The van der Waals surface area contributed by atoms with Gasteiger partial charge in [0.15, 0.2) is 0 Å². The molecule has 0 bridgehead atoms. The summed E-state index contributed by atoms with van der Waals surface area (Å²) in [5, 5.41) is 8.92. The van der Waals surface area contributed by atoms with Crippen molar-refractivity contribution in [1.29, 1.82) is 0 Å². The van der Waals surface area contributed by atoms with Crippen LogP contribution in [0.1, 0.15) is 19.4 Å². The van der Waals surface area contributed by atoms with E-state index < -0.39 is 5.97 Å². The van der Waals surface area contributed by atoms with Crippen LogP contribution >= 0.6 is 0 Å². The minimum Gasteiger partial charge on any atom is -0.480 e. The van der Waals surface area contributed by atoms with Gasteiger partial charge >= 0.3 is 12.0 Å². The smallest absolute Gasteiger partial charge is 0.323 e. The third-order valence-corrected chi connectivity index (χ3v) is 3.01. The molecule has 0 aromatic heterocycles. The summed E-state index contributed by atoms with van der Waals surface area (Å²) in [6, 6.07) is 9.30. The maximum Gasteiger partial charge on any atom is 0.323 e. The highest BCUT2D eigenvalue weighted by atomic mass is 16.4. The van der Waals surface area contributed by atoms with E-state index in [1.165, 1.54) is 11.0 Å². The Bertz CT molecular complexity index is 486. The van der Waals surface area contributed by atoms with Crippen molar-refractivity contribution >= 4 is 12.0 Å². The number of amides is 2. The number of benzene rings is 1. The van der Waals surface area contributed by atoms with Crippen molar-refractivity contribution in [1.82, 2.24) is 9.80 Å². The molecule has 114 valence electrons. The minimum atomic E-state index is -1.03. The third kappa shape index (κ3) is 5.30.